The lowest BCUT2D eigenvalue weighted by atomic mass is 10.2. The van der Waals surface area contributed by atoms with Crippen LogP contribution in [0.4, 0.5) is 4.39 Å². The zero-order valence-electron chi connectivity index (χ0n) is 12.8. The van der Waals surface area contributed by atoms with Crippen LogP contribution in [0.25, 0.3) is 0 Å². The summed E-state index contributed by atoms with van der Waals surface area (Å²) in [6, 6.07) is 5.48. The first kappa shape index (κ1) is 16.4. The number of carbonyl (C=O) groups is 2. The smallest absolute Gasteiger partial charge is 0.253 e. The number of carbonyl (C=O) groups excluding carboxylic acids is 2. The summed E-state index contributed by atoms with van der Waals surface area (Å²) in [7, 11) is 0. The van der Waals surface area contributed by atoms with Gasteiger partial charge in [-0.1, -0.05) is 0 Å². The Balaban J connectivity index is 1.89. The first-order valence-corrected chi connectivity index (χ1v) is 7.65. The van der Waals surface area contributed by atoms with E-state index >= 15 is 0 Å². The molecule has 1 N–H and O–H groups in total. The van der Waals surface area contributed by atoms with Gasteiger partial charge >= 0.3 is 0 Å². The van der Waals surface area contributed by atoms with Crippen LogP contribution in [0.2, 0.25) is 0 Å². The molecule has 120 valence electrons. The second-order valence-electron chi connectivity index (χ2n) is 5.27. The largest absolute Gasteiger partial charge is 0.340 e. The minimum Gasteiger partial charge on any atom is -0.340 e. The van der Waals surface area contributed by atoms with Gasteiger partial charge in [0.15, 0.2) is 0 Å². The summed E-state index contributed by atoms with van der Waals surface area (Å²) in [5.41, 5.74) is 0.442. The van der Waals surface area contributed by atoms with Crippen LogP contribution in [-0.4, -0.2) is 60.9 Å². The Bertz CT molecular complexity index is 513. The van der Waals surface area contributed by atoms with Crippen molar-refractivity contribution in [2.75, 3.05) is 39.3 Å². The molecule has 2 rings (SSSR count). The Hall–Kier alpha value is -1.95. The molecule has 1 aliphatic heterocycles. The number of nitrogens with zero attached hydrogens (tertiary/aromatic N) is 2. The highest BCUT2D eigenvalue weighted by molar-refractivity contribution is 5.94. The molecule has 0 atom stereocenters. The summed E-state index contributed by atoms with van der Waals surface area (Å²) < 4.78 is 12.9. The Kier molecular flexibility index (Phi) is 5.89. The molecule has 6 heteroatoms. The third-order valence-corrected chi connectivity index (χ3v) is 3.83. The quantitative estimate of drug-likeness (QED) is 0.886. The van der Waals surface area contributed by atoms with Gasteiger partial charge in [-0.05, 0) is 31.2 Å². The summed E-state index contributed by atoms with van der Waals surface area (Å²) in [5.74, 6) is -0.462. The summed E-state index contributed by atoms with van der Waals surface area (Å²) in [5, 5.41) is 3.20. The molecule has 0 aliphatic carbocycles. The number of hydrogen-bond acceptors (Lipinski definition) is 3. The van der Waals surface area contributed by atoms with Gasteiger partial charge in [-0.2, -0.15) is 0 Å². The van der Waals surface area contributed by atoms with Crippen molar-refractivity contribution in [2.45, 2.75) is 13.3 Å². The normalized spacial score (nSPS) is 14.7. The fourth-order valence-corrected chi connectivity index (χ4v) is 2.48. The maximum absolute atomic E-state index is 12.9. The summed E-state index contributed by atoms with van der Waals surface area (Å²) in [4.78, 5) is 27.9. The van der Waals surface area contributed by atoms with Crippen molar-refractivity contribution in [1.82, 2.24) is 15.1 Å². The fourth-order valence-electron chi connectivity index (χ4n) is 2.48. The SMILES string of the molecule is CCN(CCC(=O)N1CCNCC1)C(=O)c1ccc(F)cc1. The molecule has 0 radical (unpaired) electrons. The van der Waals surface area contributed by atoms with Crippen LogP contribution in [0, 0.1) is 5.82 Å². The van der Waals surface area contributed by atoms with Crippen LogP contribution in [0.15, 0.2) is 24.3 Å². The van der Waals surface area contributed by atoms with Gasteiger partial charge in [0, 0.05) is 51.3 Å². The van der Waals surface area contributed by atoms with Crippen molar-refractivity contribution in [2.24, 2.45) is 0 Å². The van der Waals surface area contributed by atoms with E-state index in [0.717, 1.165) is 26.2 Å². The van der Waals surface area contributed by atoms with Gasteiger partial charge in [0.2, 0.25) is 5.91 Å². The molecule has 1 aliphatic rings. The van der Waals surface area contributed by atoms with Gasteiger partial charge in [0.05, 0.1) is 0 Å². The van der Waals surface area contributed by atoms with Gasteiger partial charge in [0.1, 0.15) is 5.82 Å². The number of benzene rings is 1. The molecule has 0 spiro atoms. The van der Waals surface area contributed by atoms with E-state index in [1.807, 2.05) is 11.8 Å². The third kappa shape index (κ3) is 4.27. The van der Waals surface area contributed by atoms with E-state index in [-0.39, 0.29) is 17.6 Å². The molecular formula is C16H22FN3O2. The van der Waals surface area contributed by atoms with Crippen molar-refractivity contribution in [3.05, 3.63) is 35.6 Å². The van der Waals surface area contributed by atoms with Crippen molar-refractivity contribution < 1.29 is 14.0 Å². The highest BCUT2D eigenvalue weighted by atomic mass is 19.1. The minimum atomic E-state index is -0.367. The molecule has 1 fully saturated rings. The molecule has 1 saturated heterocycles. The lowest BCUT2D eigenvalue weighted by molar-refractivity contribution is -0.131. The first-order chi connectivity index (χ1) is 10.6. The number of amides is 2. The number of nitrogens with one attached hydrogen (secondary N) is 1. The number of piperazine rings is 1. The van der Waals surface area contributed by atoms with Crippen molar-refractivity contribution in [3.8, 4) is 0 Å². The van der Waals surface area contributed by atoms with Crippen LogP contribution >= 0.6 is 0 Å². The number of halogens is 1. The van der Waals surface area contributed by atoms with E-state index in [9.17, 15) is 14.0 Å². The lowest BCUT2D eigenvalue weighted by Crippen LogP contribution is -2.47. The van der Waals surface area contributed by atoms with Crippen LogP contribution in [0.3, 0.4) is 0 Å². The number of hydrogen-bond donors (Lipinski definition) is 1. The highest BCUT2D eigenvalue weighted by Crippen LogP contribution is 2.08. The van der Waals surface area contributed by atoms with E-state index in [0.29, 0.717) is 25.1 Å². The van der Waals surface area contributed by atoms with E-state index in [2.05, 4.69) is 5.32 Å². The van der Waals surface area contributed by atoms with Gasteiger partial charge in [-0.25, -0.2) is 4.39 Å². The second-order valence-corrected chi connectivity index (χ2v) is 5.27. The zero-order valence-corrected chi connectivity index (χ0v) is 12.8. The average Bonchev–Trinajstić information content (AvgIpc) is 2.56. The van der Waals surface area contributed by atoms with Crippen molar-refractivity contribution in [1.29, 1.82) is 0 Å². The van der Waals surface area contributed by atoms with Crippen LogP contribution in [0.1, 0.15) is 23.7 Å². The Morgan fingerprint density at radius 3 is 2.45 bits per heavy atom. The van der Waals surface area contributed by atoms with E-state index < -0.39 is 0 Å². The molecule has 0 aromatic heterocycles. The molecule has 0 saturated carbocycles. The molecule has 1 aromatic carbocycles. The number of rotatable bonds is 5. The van der Waals surface area contributed by atoms with Gasteiger partial charge < -0.3 is 15.1 Å². The second kappa shape index (κ2) is 7.89. The summed E-state index contributed by atoms with van der Waals surface area (Å²) in [6.07, 6.45) is 0.320. The molecule has 0 bridgehead atoms. The molecule has 0 unspecified atom stereocenters. The van der Waals surface area contributed by atoms with E-state index in [4.69, 9.17) is 0 Å². The third-order valence-electron chi connectivity index (χ3n) is 3.83. The standard InChI is InChI=1S/C16H22FN3O2/c1-2-19(16(22)13-3-5-14(17)6-4-13)10-7-15(21)20-11-8-18-9-12-20/h3-6,18H,2,7-12H2,1H3. The topological polar surface area (TPSA) is 52.7 Å². The zero-order chi connectivity index (χ0) is 15.9. The van der Waals surface area contributed by atoms with E-state index in [1.54, 1.807) is 4.90 Å². The van der Waals surface area contributed by atoms with Crippen LogP contribution in [-0.2, 0) is 4.79 Å². The first-order valence-electron chi connectivity index (χ1n) is 7.65. The molecule has 2 amide bonds. The maximum atomic E-state index is 12.9. The predicted octanol–water partition coefficient (Wildman–Crippen LogP) is 1.11. The van der Waals surface area contributed by atoms with Gasteiger partial charge in [0.25, 0.3) is 5.91 Å². The van der Waals surface area contributed by atoms with Gasteiger partial charge in [-0.3, -0.25) is 9.59 Å². The van der Waals surface area contributed by atoms with Crippen molar-refractivity contribution in [3.63, 3.8) is 0 Å². The average molecular weight is 307 g/mol. The molecule has 1 heterocycles. The molecule has 22 heavy (non-hydrogen) atoms. The Morgan fingerprint density at radius 1 is 1.23 bits per heavy atom. The highest BCUT2D eigenvalue weighted by Gasteiger charge is 2.19. The van der Waals surface area contributed by atoms with Crippen molar-refractivity contribution >= 4 is 11.8 Å². The molecular weight excluding hydrogens is 285 g/mol. The van der Waals surface area contributed by atoms with Crippen LogP contribution in [0.5, 0.6) is 0 Å². The summed E-state index contributed by atoms with van der Waals surface area (Å²) >= 11 is 0. The van der Waals surface area contributed by atoms with Gasteiger partial charge in [-0.15, -0.1) is 0 Å². The van der Waals surface area contributed by atoms with Crippen LogP contribution < -0.4 is 5.32 Å². The predicted molar refractivity (Wildman–Crippen MR) is 82.0 cm³/mol. The molecule has 5 nitrogen and oxygen atoms in total. The minimum absolute atomic E-state index is 0.0758. The summed E-state index contributed by atoms with van der Waals surface area (Å²) in [6.45, 7) is 5.85. The van der Waals surface area contributed by atoms with E-state index in [1.165, 1.54) is 24.3 Å². The maximum Gasteiger partial charge on any atom is 0.253 e. The lowest BCUT2D eigenvalue weighted by Gasteiger charge is -2.28. The monoisotopic (exact) mass is 307 g/mol. The molecule has 1 aromatic rings. The fraction of sp³-hybridized carbons (Fsp3) is 0.500. The Morgan fingerprint density at radius 2 is 1.86 bits per heavy atom. The Labute approximate surface area is 130 Å².